The van der Waals surface area contributed by atoms with Crippen LogP contribution in [0.2, 0.25) is 0 Å². The van der Waals surface area contributed by atoms with E-state index in [-0.39, 0.29) is 10.8 Å². The molecule has 0 N–H and O–H groups in total. The largest absolute Gasteiger partial charge is 0.335 e. The lowest BCUT2D eigenvalue weighted by Crippen LogP contribution is -2.49. The van der Waals surface area contributed by atoms with Gasteiger partial charge in [0.1, 0.15) is 0 Å². The van der Waals surface area contributed by atoms with Gasteiger partial charge in [0, 0.05) is 31.2 Å². The van der Waals surface area contributed by atoms with E-state index < -0.39 is 10.0 Å². The van der Waals surface area contributed by atoms with Crippen molar-refractivity contribution in [2.45, 2.75) is 62.3 Å². The van der Waals surface area contributed by atoms with Gasteiger partial charge in [0.25, 0.3) is 5.91 Å². The van der Waals surface area contributed by atoms with E-state index in [1.54, 1.807) is 24.3 Å². The Labute approximate surface area is 156 Å². The van der Waals surface area contributed by atoms with Crippen molar-refractivity contribution >= 4 is 15.9 Å². The van der Waals surface area contributed by atoms with Gasteiger partial charge in [-0.1, -0.05) is 18.9 Å². The highest BCUT2D eigenvalue weighted by Gasteiger charge is 2.36. The van der Waals surface area contributed by atoms with Gasteiger partial charge in [0.15, 0.2) is 0 Å². The van der Waals surface area contributed by atoms with Gasteiger partial charge in [0.2, 0.25) is 10.0 Å². The quantitative estimate of drug-likeness (QED) is 0.813. The molecule has 6 heteroatoms. The van der Waals surface area contributed by atoms with E-state index in [2.05, 4.69) is 0 Å². The van der Waals surface area contributed by atoms with Crippen LogP contribution in [0.1, 0.15) is 61.7 Å². The fraction of sp³-hybridized carbons (Fsp3) is 0.650. The number of nitrogens with zero attached hydrogens (tertiary/aromatic N) is 2. The Bertz CT molecular complexity index is 769. The van der Waals surface area contributed by atoms with Crippen molar-refractivity contribution in [2.75, 3.05) is 19.6 Å². The summed E-state index contributed by atoms with van der Waals surface area (Å²) in [5.74, 6) is 0.623. The van der Waals surface area contributed by atoms with E-state index in [9.17, 15) is 13.2 Å². The number of hydrogen-bond acceptors (Lipinski definition) is 3. The monoisotopic (exact) mass is 376 g/mol. The summed E-state index contributed by atoms with van der Waals surface area (Å²) in [7, 11) is -3.49. The number of piperidine rings is 1. The molecule has 0 aromatic heterocycles. The van der Waals surface area contributed by atoms with Crippen LogP contribution < -0.4 is 0 Å². The van der Waals surface area contributed by atoms with Crippen LogP contribution in [0.3, 0.4) is 0 Å². The molecule has 142 valence electrons. The molecule has 2 heterocycles. The van der Waals surface area contributed by atoms with Crippen LogP contribution in [-0.4, -0.2) is 49.2 Å². The molecule has 0 spiro atoms. The normalized spacial score (nSPS) is 27.3. The number of rotatable bonds is 3. The lowest BCUT2D eigenvalue weighted by molar-refractivity contribution is 0.0390. The first-order valence-corrected chi connectivity index (χ1v) is 11.4. The molecule has 3 fully saturated rings. The van der Waals surface area contributed by atoms with E-state index in [0.29, 0.717) is 30.6 Å². The molecule has 2 aliphatic heterocycles. The highest BCUT2D eigenvalue weighted by molar-refractivity contribution is 7.89. The molecule has 3 aliphatic rings. The summed E-state index contributed by atoms with van der Waals surface area (Å²) in [5, 5.41) is 0. The van der Waals surface area contributed by atoms with Gasteiger partial charge in [-0.25, -0.2) is 8.42 Å². The molecule has 1 aromatic carbocycles. The summed E-state index contributed by atoms with van der Waals surface area (Å²) in [6, 6.07) is 7.01. The standard InChI is InChI=1S/C20H28N2O3S/c23-20(22-14-6-9-16-7-1-2-11-19(16)22)17-8-5-10-18(15-17)26(24,25)21-12-3-4-13-21/h5,8,10,15-16,19H,1-4,6-7,9,11-14H2. The second-order valence-corrected chi connectivity index (χ2v) is 9.83. The molecule has 0 bridgehead atoms. The molecule has 26 heavy (non-hydrogen) atoms. The Kier molecular flexibility index (Phi) is 5.06. The zero-order chi connectivity index (χ0) is 18.1. The molecule has 2 saturated heterocycles. The highest BCUT2D eigenvalue weighted by atomic mass is 32.2. The third kappa shape index (κ3) is 3.29. The fourth-order valence-corrected chi connectivity index (χ4v) is 6.47. The summed E-state index contributed by atoms with van der Waals surface area (Å²) >= 11 is 0. The predicted molar refractivity (Wildman–Crippen MR) is 100 cm³/mol. The number of likely N-dealkylation sites (tertiary alicyclic amines) is 1. The molecule has 1 aliphatic carbocycles. The third-order valence-electron chi connectivity index (χ3n) is 6.29. The van der Waals surface area contributed by atoms with Crippen LogP contribution in [0, 0.1) is 5.92 Å². The maximum absolute atomic E-state index is 13.2. The summed E-state index contributed by atoms with van der Waals surface area (Å²) in [6.07, 6.45) is 8.86. The number of hydrogen-bond donors (Lipinski definition) is 0. The van der Waals surface area contributed by atoms with Crippen molar-refractivity contribution in [3.05, 3.63) is 29.8 Å². The Balaban J connectivity index is 1.58. The Morgan fingerprint density at radius 1 is 0.923 bits per heavy atom. The van der Waals surface area contributed by atoms with Gasteiger partial charge in [-0.2, -0.15) is 4.31 Å². The molecule has 1 saturated carbocycles. The minimum atomic E-state index is -3.49. The topological polar surface area (TPSA) is 57.7 Å². The lowest BCUT2D eigenvalue weighted by Gasteiger charge is -2.44. The third-order valence-corrected chi connectivity index (χ3v) is 8.18. The summed E-state index contributed by atoms with van der Waals surface area (Å²) in [5.41, 5.74) is 0.511. The maximum atomic E-state index is 13.2. The number of carbonyl (C=O) groups is 1. The Hall–Kier alpha value is -1.40. The summed E-state index contributed by atoms with van der Waals surface area (Å²) in [6.45, 7) is 1.95. The maximum Gasteiger partial charge on any atom is 0.254 e. The number of fused-ring (bicyclic) bond motifs is 1. The van der Waals surface area contributed by atoms with Crippen LogP contribution in [0.15, 0.2) is 29.2 Å². The first-order valence-electron chi connectivity index (χ1n) is 9.98. The first-order chi connectivity index (χ1) is 12.6. The van der Waals surface area contributed by atoms with E-state index in [1.807, 2.05) is 4.90 Å². The molecule has 2 atom stereocenters. The van der Waals surface area contributed by atoms with E-state index >= 15 is 0 Å². The fourth-order valence-electron chi connectivity index (χ4n) is 4.91. The van der Waals surface area contributed by atoms with E-state index in [1.165, 1.54) is 30.0 Å². The average Bonchev–Trinajstić information content (AvgIpc) is 3.23. The molecule has 1 amide bonds. The van der Waals surface area contributed by atoms with E-state index in [4.69, 9.17) is 0 Å². The van der Waals surface area contributed by atoms with Crippen LogP contribution in [0.5, 0.6) is 0 Å². The minimum Gasteiger partial charge on any atom is -0.335 e. The number of amides is 1. The molecule has 0 radical (unpaired) electrons. The van der Waals surface area contributed by atoms with Crippen LogP contribution in [0.4, 0.5) is 0 Å². The van der Waals surface area contributed by atoms with E-state index in [0.717, 1.165) is 32.2 Å². The van der Waals surface area contributed by atoms with Crippen LogP contribution in [0.25, 0.3) is 0 Å². The van der Waals surface area contributed by atoms with Crippen molar-refractivity contribution in [1.82, 2.24) is 9.21 Å². The molecule has 1 aromatic rings. The Morgan fingerprint density at radius 2 is 1.65 bits per heavy atom. The second kappa shape index (κ2) is 7.31. The van der Waals surface area contributed by atoms with Crippen molar-refractivity contribution in [3.8, 4) is 0 Å². The van der Waals surface area contributed by atoms with Gasteiger partial charge in [-0.15, -0.1) is 0 Å². The molecule has 4 rings (SSSR count). The lowest BCUT2D eigenvalue weighted by atomic mass is 9.78. The number of carbonyl (C=O) groups excluding carboxylic acids is 1. The number of sulfonamides is 1. The zero-order valence-electron chi connectivity index (χ0n) is 15.3. The first kappa shape index (κ1) is 18.0. The van der Waals surface area contributed by atoms with Crippen molar-refractivity contribution in [2.24, 2.45) is 5.92 Å². The number of benzene rings is 1. The molecular formula is C20H28N2O3S. The SMILES string of the molecule is O=C(c1cccc(S(=O)(=O)N2CCCC2)c1)N1CCCC2CCCCC21. The van der Waals surface area contributed by atoms with Gasteiger partial charge < -0.3 is 4.90 Å². The van der Waals surface area contributed by atoms with Crippen LogP contribution >= 0.6 is 0 Å². The zero-order valence-corrected chi connectivity index (χ0v) is 16.1. The van der Waals surface area contributed by atoms with Gasteiger partial charge in [-0.05, 0) is 62.6 Å². The molecule has 5 nitrogen and oxygen atoms in total. The smallest absolute Gasteiger partial charge is 0.254 e. The van der Waals surface area contributed by atoms with Crippen molar-refractivity contribution < 1.29 is 13.2 Å². The second-order valence-electron chi connectivity index (χ2n) is 7.89. The summed E-state index contributed by atoms with van der Waals surface area (Å²) in [4.78, 5) is 15.4. The predicted octanol–water partition coefficient (Wildman–Crippen LogP) is 3.27. The van der Waals surface area contributed by atoms with Gasteiger partial charge in [-0.3, -0.25) is 4.79 Å². The summed E-state index contributed by atoms with van der Waals surface area (Å²) < 4.78 is 27.2. The van der Waals surface area contributed by atoms with Gasteiger partial charge >= 0.3 is 0 Å². The Morgan fingerprint density at radius 3 is 2.46 bits per heavy atom. The van der Waals surface area contributed by atoms with Gasteiger partial charge in [0.05, 0.1) is 4.90 Å². The van der Waals surface area contributed by atoms with Crippen molar-refractivity contribution in [1.29, 1.82) is 0 Å². The molecule has 2 unspecified atom stereocenters. The average molecular weight is 377 g/mol. The highest BCUT2D eigenvalue weighted by Crippen LogP contribution is 2.36. The minimum absolute atomic E-state index is 0.0000666. The molecular weight excluding hydrogens is 348 g/mol. The van der Waals surface area contributed by atoms with Crippen molar-refractivity contribution in [3.63, 3.8) is 0 Å². The van der Waals surface area contributed by atoms with Crippen LogP contribution in [-0.2, 0) is 10.0 Å².